The number of carboxylic acids is 1. The molecule has 0 heterocycles. The van der Waals surface area contributed by atoms with Gasteiger partial charge in [-0.2, -0.15) is 0 Å². The summed E-state index contributed by atoms with van der Waals surface area (Å²) < 4.78 is 6.32. The van der Waals surface area contributed by atoms with Gasteiger partial charge in [-0.1, -0.05) is 12.1 Å². The lowest BCUT2D eigenvalue weighted by Crippen LogP contribution is -1.99. The lowest BCUT2D eigenvalue weighted by Gasteiger charge is -2.07. The molecule has 98 valence electrons. The zero-order valence-electron chi connectivity index (χ0n) is 9.84. The van der Waals surface area contributed by atoms with Crippen molar-refractivity contribution in [2.75, 3.05) is 0 Å². The highest BCUT2D eigenvalue weighted by Gasteiger charge is 2.03. The number of hydrogen-bond donors (Lipinski definition) is 2. The van der Waals surface area contributed by atoms with Gasteiger partial charge in [0.2, 0.25) is 0 Å². The van der Waals surface area contributed by atoms with E-state index in [4.69, 9.17) is 9.84 Å². The zero-order chi connectivity index (χ0) is 13.8. The van der Waals surface area contributed by atoms with E-state index in [1.165, 1.54) is 0 Å². The Bertz CT molecular complexity index is 593. The van der Waals surface area contributed by atoms with Gasteiger partial charge in [-0.3, -0.25) is 4.79 Å². The van der Waals surface area contributed by atoms with Crippen LogP contribution in [0.15, 0.2) is 42.5 Å². The third kappa shape index (κ3) is 3.85. The first kappa shape index (κ1) is 13.7. The Hall–Kier alpha value is -1.76. The maximum Gasteiger partial charge on any atom is 0.307 e. The molecule has 0 radical (unpaired) electrons. The second-order valence-corrected chi connectivity index (χ2v) is 5.09. The van der Waals surface area contributed by atoms with E-state index < -0.39 is 5.97 Å². The summed E-state index contributed by atoms with van der Waals surface area (Å²) in [7, 11) is 0. The number of rotatable bonds is 4. The van der Waals surface area contributed by atoms with Crippen LogP contribution in [-0.2, 0) is 11.2 Å². The Balaban J connectivity index is 2.10. The van der Waals surface area contributed by atoms with Gasteiger partial charge in [0.05, 0.1) is 9.99 Å². The Kier molecular flexibility index (Phi) is 4.26. The molecule has 0 aliphatic carbocycles. The second-order valence-electron chi connectivity index (χ2n) is 3.93. The molecular formula is C14H11IO4. The van der Waals surface area contributed by atoms with Crippen molar-refractivity contribution < 1.29 is 19.7 Å². The average molecular weight is 370 g/mol. The van der Waals surface area contributed by atoms with Crippen molar-refractivity contribution in [2.24, 2.45) is 0 Å². The van der Waals surface area contributed by atoms with Crippen molar-refractivity contribution in [1.82, 2.24) is 0 Å². The molecular weight excluding hydrogens is 359 g/mol. The monoisotopic (exact) mass is 370 g/mol. The highest BCUT2D eigenvalue weighted by molar-refractivity contribution is 14.1. The molecule has 0 bridgehead atoms. The molecule has 2 N–H and O–H groups in total. The normalized spacial score (nSPS) is 10.2. The van der Waals surface area contributed by atoms with Gasteiger partial charge in [-0.05, 0) is 58.5 Å². The summed E-state index contributed by atoms with van der Waals surface area (Å²) in [5.41, 5.74) is 0.722. The van der Waals surface area contributed by atoms with Gasteiger partial charge in [-0.25, -0.2) is 0 Å². The summed E-state index contributed by atoms with van der Waals surface area (Å²) in [4.78, 5) is 10.6. The maximum absolute atomic E-state index is 10.6. The largest absolute Gasteiger partial charge is 0.507 e. The Morgan fingerprint density at radius 3 is 2.32 bits per heavy atom. The van der Waals surface area contributed by atoms with Crippen LogP contribution in [0.3, 0.4) is 0 Å². The number of phenolic OH excluding ortho intramolecular Hbond substituents is 1. The molecule has 2 aromatic rings. The second kappa shape index (κ2) is 5.92. The van der Waals surface area contributed by atoms with Crippen LogP contribution in [0, 0.1) is 3.57 Å². The van der Waals surface area contributed by atoms with Crippen LogP contribution in [0.1, 0.15) is 5.56 Å². The molecule has 0 amide bonds. The van der Waals surface area contributed by atoms with E-state index in [0.29, 0.717) is 15.1 Å². The molecule has 0 aliphatic heterocycles. The average Bonchev–Trinajstić information content (AvgIpc) is 2.36. The van der Waals surface area contributed by atoms with Crippen LogP contribution in [0.25, 0.3) is 0 Å². The first-order valence-corrected chi connectivity index (χ1v) is 6.59. The van der Waals surface area contributed by atoms with Crippen LogP contribution >= 0.6 is 22.6 Å². The molecule has 0 atom stereocenters. The maximum atomic E-state index is 10.6. The summed E-state index contributed by atoms with van der Waals surface area (Å²) in [5.74, 6) is 0.593. The van der Waals surface area contributed by atoms with E-state index in [-0.39, 0.29) is 12.2 Å². The van der Waals surface area contributed by atoms with Gasteiger partial charge in [0.1, 0.15) is 17.2 Å². The minimum atomic E-state index is -0.859. The number of carbonyl (C=O) groups is 1. The van der Waals surface area contributed by atoms with Crippen LogP contribution in [0.4, 0.5) is 0 Å². The summed E-state index contributed by atoms with van der Waals surface area (Å²) in [6, 6.07) is 11.8. The summed E-state index contributed by atoms with van der Waals surface area (Å²) >= 11 is 2.02. The number of carboxylic acid groups (broad SMARTS) is 1. The molecule has 2 aromatic carbocycles. The minimum Gasteiger partial charge on any atom is -0.507 e. The number of halogens is 1. The minimum absolute atomic E-state index is 0.00259. The molecule has 0 spiro atoms. The van der Waals surface area contributed by atoms with Crippen molar-refractivity contribution in [2.45, 2.75) is 6.42 Å². The van der Waals surface area contributed by atoms with Gasteiger partial charge in [-0.15, -0.1) is 0 Å². The summed E-state index contributed by atoms with van der Waals surface area (Å²) in [6.07, 6.45) is -0.00259. The van der Waals surface area contributed by atoms with Crippen molar-refractivity contribution in [3.8, 4) is 17.2 Å². The smallest absolute Gasteiger partial charge is 0.307 e. The molecule has 0 saturated heterocycles. The Labute approximate surface area is 123 Å². The standard InChI is InChI=1S/C14H11IO4/c15-12-8-11(5-6-13(12)16)19-10-3-1-9(2-4-10)7-14(17)18/h1-6,8,16H,7H2,(H,17,18). The van der Waals surface area contributed by atoms with Crippen molar-refractivity contribution in [1.29, 1.82) is 0 Å². The molecule has 0 aliphatic rings. The third-order valence-electron chi connectivity index (χ3n) is 2.43. The molecule has 0 saturated carbocycles. The van der Waals surface area contributed by atoms with Crippen LogP contribution < -0.4 is 4.74 Å². The van der Waals surface area contributed by atoms with Crippen molar-refractivity contribution in [3.05, 3.63) is 51.6 Å². The topological polar surface area (TPSA) is 66.8 Å². The molecule has 0 aromatic heterocycles. The van der Waals surface area contributed by atoms with Crippen LogP contribution in [-0.4, -0.2) is 16.2 Å². The van der Waals surface area contributed by atoms with E-state index in [1.54, 1.807) is 42.5 Å². The van der Waals surface area contributed by atoms with E-state index in [1.807, 2.05) is 22.6 Å². The fourth-order valence-corrected chi connectivity index (χ4v) is 2.02. The SMILES string of the molecule is O=C(O)Cc1ccc(Oc2ccc(O)c(I)c2)cc1. The van der Waals surface area contributed by atoms with E-state index in [0.717, 1.165) is 5.56 Å². The molecule has 19 heavy (non-hydrogen) atoms. The van der Waals surface area contributed by atoms with Crippen molar-refractivity contribution in [3.63, 3.8) is 0 Å². The fraction of sp³-hybridized carbons (Fsp3) is 0.0714. The van der Waals surface area contributed by atoms with E-state index in [9.17, 15) is 9.90 Å². The van der Waals surface area contributed by atoms with Crippen molar-refractivity contribution >= 4 is 28.6 Å². The molecule has 5 heteroatoms. The lowest BCUT2D eigenvalue weighted by molar-refractivity contribution is -0.136. The number of phenols is 1. The lowest BCUT2D eigenvalue weighted by atomic mass is 10.1. The molecule has 4 nitrogen and oxygen atoms in total. The molecule has 0 unspecified atom stereocenters. The molecule has 0 fully saturated rings. The van der Waals surface area contributed by atoms with Crippen LogP contribution in [0.2, 0.25) is 0 Å². The summed E-state index contributed by atoms with van der Waals surface area (Å²) in [6.45, 7) is 0. The van der Waals surface area contributed by atoms with Gasteiger partial charge in [0.25, 0.3) is 0 Å². The number of aromatic hydroxyl groups is 1. The highest BCUT2D eigenvalue weighted by atomic mass is 127. The fourth-order valence-electron chi connectivity index (χ4n) is 1.54. The Morgan fingerprint density at radius 2 is 1.74 bits per heavy atom. The quantitative estimate of drug-likeness (QED) is 0.810. The predicted octanol–water partition coefficient (Wildman–Crippen LogP) is 3.42. The summed E-state index contributed by atoms with van der Waals surface area (Å²) in [5, 5.41) is 18.1. The van der Waals surface area contributed by atoms with E-state index >= 15 is 0 Å². The van der Waals surface area contributed by atoms with Gasteiger partial charge >= 0.3 is 5.97 Å². The van der Waals surface area contributed by atoms with Gasteiger partial charge in [0, 0.05) is 0 Å². The number of benzene rings is 2. The van der Waals surface area contributed by atoms with Crippen LogP contribution in [0.5, 0.6) is 17.2 Å². The van der Waals surface area contributed by atoms with E-state index in [2.05, 4.69) is 0 Å². The first-order chi connectivity index (χ1) is 9.04. The third-order valence-corrected chi connectivity index (χ3v) is 3.30. The first-order valence-electron chi connectivity index (χ1n) is 5.52. The van der Waals surface area contributed by atoms with Gasteiger partial charge in [0.15, 0.2) is 0 Å². The number of hydrogen-bond acceptors (Lipinski definition) is 3. The zero-order valence-corrected chi connectivity index (χ0v) is 12.0. The predicted molar refractivity (Wildman–Crippen MR) is 78.7 cm³/mol. The molecule has 2 rings (SSSR count). The van der Waals surface area contributed by atoms with Gasteiger partial charge < -0.3 is 14.9 Å². The number of aliphatic carboxylic acids is 1. The highest BCUT2D eigenvalue weighted by Crippen LogP contribution is 2.28. The number of ether oxygens (including phenoxy) is 1. The Morgan fingerprint density at radius 1 is 1.11 bits per heavy atom.